The van der Waals surface area contributed by atoms with E-state index in [0.717, 1.165) is 19.3 Å². The lowest BCUT2D eigenvalue weighted by Crippen LogP contribution is -2.38. The molecule has 0 aliphatic rings. The molecule has 0 spiro atoms. The second kappa shape index (κ2) is 6.53. The van der Waals surface area contributed by atoms with Crippen LogP contribution < -0.4 is 11.3 Å². The Labute approximate surface area is 110 Å². The highest BCUT2D eigenvalue weighted by Gasteiger charge is 2.23. The van der Waals surface area contributed by atoms with Gasteiger partial charge in [0.2, 0.25) is 0 Å². The van der Waals surface area contributed by atoms with Crippen molar-refractivity contribution in [2.75, 3.05) is 0 Å². The average Bonchev–Trinajstić information content (AvgIpc) is 2.75. The molecule has 1 aromatic rings. The van der Waals surface area contributed by atoms with E-state index in [-0.39, 0.29) is 0 Å². The third-order valence-electron chi connectivity index (χ3n) is 3.67. The number of aryl methyl sites for hydroxylation is 1. The van der Waals surface area contributed by atoms with Crippen LogP contribution in [0.5, 0.6) is 0 Å². The summed E-state index contributed by atoms with van der Waals surface area (Å²) in [4.78, 5) is 1.45. The number of hydrogen-bond acceptors (Lipinski definition) is 3. The minimum atomic E-state index is 0.359. The molecule has 98 valence electrons. The molecule has 0 amide bonds. The molecule has 0 saturated heterocycles. The van der Waals surface area contributed by atoms with Crippen molar-refractivity contribution in [3.8, 4) is 0 Å². The highest BCUT2D eigenvalue weighted by molar-refractivity contribution is 7.09. The number of rotatable bonds is 6. The van der Waals surface area contributed by atoms with E-state index in [0.29, 0.717) is 17.4 Å². The molecule has 1 aromatic heterocycles. The zero-order valence-corrected chi connectivity index (χ0v) is 12.3. The maximum absolute atomic E-state index is 5.66. The second-order valence-corrected chi connectivity index (χ2v) is 7.02. The molecular weight excluding hydrogens is 228 g/mol. The number of hydrogen-bond donors (Lipinski definition) is 2. The molecule has 0 saturated carbocycles. The van der Waals surface area contributed by atoms with E-state index in [1.807, 2.05) is 11.3 Å². The van der Waals surface area contributed by atoms with Crippen LogP contribution in [-0.4, -0.2) is 6.04 Å². The van der Waals surface area contributed by atoms with Crippen LogP contribution in [0.4, 0.5) is 0 Å². The van der Waals surface area contributed by atoms with E-state index in [9.17, 15) is 0 Å². The maximum atomic E-state index is 5.66. The average molecular weight is 254 g/mol. The van der Waals surface area contributed by atoms with E-state index in [1.54, 1.807) is 0 Å². The highest BCUT2D eigenvalue weighted by Crippen LogP contribution is 2.29. The molecule has 0 radical (unpaired) electrons. The van der Waals surface area contributed by atoms with Crippen molar-refractivity contribution >= 4 is 11.3 Å². The molecule has 0 aliphatic heterocycles. The van der Waals surface area contributed by atoms with Crippen LogP contribution >= 0.6 is 11.3 Å². The topological polar surface area (TPSA) is 38.0 Å². The van der Waals surface area contributed by atoms with Crippen LogP contribution in [0.15, 0.2) is 17.5 Å². The van der Waals surface area contributed by atoms with Gasteiger partial charge in [0.25, 0.3) is 0 Å². The first-order valence-electron chi connectivity index (χ1n) is 6.42. The smallest absolute Gasteiger partial charge is 0.0216 e. The first-order chi connectivity index (χ1) is 7.93. The Morgan fingerprint density at radius 2 is 2.12 bits per heavy atom. The molecule has 3 heteroatoms. The van der Waals surface area contributed by atoms with Crippen molar-refractivity contribution in [1.29, 1.82) is 0 Å². The molecule has 1 rings (SSSR count). The molecular formula is C14H26N2S. The lowest BCUT2D eigenvalue weighted by molar-refractivity contribution is 0.219. The van der Waals surface area contributed by atoms with E-state index in [2.05, 4.69) is 50.6 Å². The van der Waals surface area contributed by atoms with Crippen LogP contribution in [0.2, 0.25) is 0 Å². The first-order valence-corrected chi connectivity index (χ1v) is 7.30. The lowest BCUT2D eigenvalue weighted by atomic mass is 9.78. The van der Waals surface area contributed by atoms with Crippen molar-refractivity contribution in [3.63, 3.8) is 0 Å². The molecule has 1 heterocycles. The Bertz CT molecular complexity index is 301. The summed E-state index contributed by atoms with van der Waals surface area (Å²) in [7, 11) is 0. The van der Waals surface area contributed by atoms with Crippen LogP contribution in [0.1, 0.15) is 45.4 Å². The highest BCUT2D eigenvalue weighted by atomic mass is 32.1. The fraction of sp³-hybridized carbons (Fsp3) is 0.714. The molecule has 0 fully saturated rings. The van der Waals surface area contributed by atoms with Crippen molar-refractivity contribution in [1.82, 2.24) is 5.43 Å². The van der Waals surface area contributed by atoms with Gasteiger partial charge in [0.05, 0.1) is 0 Å². The summed E-state index contributed by atoms with van der Waals surface area (Å²) in [6, 6.07) is 4.74. The standard InChI is InChI=1S/C14H26N2S/c1-11(14(2,3)4)10-12(16-15)7-8-13-6-5-9-17-13/h5-6,9,11-12,16H,7-8,10,15H2,1-4H3. The Kier molecular flexibility index (Phi) is 5.63. The molecule has 2 unspecified atom stereocenters. The zero-order chi connectivity index (χ0) is 12.9. The summed E-state index contributed by atoms with van der Waals surface area (Å²) in [5, 5.41) is 2.14. The monoisotopic (exact) mass is 254 g/mol. The third-order valence-corrected chi connectivity index (χ3v) is 4.61. The van der Waals surface area contributed by atoms with Gasteiger partial charge in [0.15, 0.2) is 0 Å². The van der Waals surface area contributed by atoms with Gasteiger partial charge < -0.3 is 0 Å². The summed E-state index contributed by atoms with van der Waals surface area (Å²) in [6.07, 6.45) is 3.40. The molecule has 0 aliphatic carbocycles. The van der Waals surface area contributed by atoms with Crippen LogP contribution in [0.3, 0.4) is 0 Å². The predicted octanol–water partition coefficient (Wildman–Crippen LogP) is 3.58. The van der Waals surface area contributed by atoms with Gasteiger partial charge in [0, 0.05) is 10.9 Å². The van der Waals surface area contributed by atoms with E-state index >= 15 is 0 Å². The molecule has 2 nitrogen and oxygen atoms in total. The lowest BCUT2D eigenvalue weighted by Gasteiger charge is -2.30. The van der Waals surface area contributed by atoms with E-state index < -0.39 is 0 Å². The van der Waals surface area contributed by atoms with Crippen LogP contribution in [-0.2, 0) is 6.42 Å². The van der Waals surface area contributed by atoms with Crippen LogP contribution in [0, 0.1) is 11.3 Å². The minimum Gasteiger partial charge on any atom is -0.271 e. The minimum absolute atomic E-state index is 0.359. The largest absolute Gasteiger partial charge is 0.271 e. The normalized spacial score (nSPS) is 15.8. The van der Waals surface area contributed by atoms with Gasteiger partial charge in [-0.3, -0.25) is 11.3 Å². The summed E-state index contributed by atoms with van der Waals surface area (Å²) in [6.45, 7) is 9.20. The Balaban J connectivity index is 2.38. The zero-order valence-electron chi connectivity index (χ0n) is 11.5. The number of nitrogens with one attached hydrogen (secondary N) is 1. The summed E-state index contributed by atoms with van der Waals surface area (Å²) < 4.78 is 0. The van der Waals surface area contributed by atoms with Gasteiger partial charge in [-0.1, -0.05) is 33.8 Å². The second-order valence-electron chi connectivity index (χ2n) is 5.98. The van der Waals surface area contributed by atoms with Crippen LogP contribution in [0.25, 0.3) is 0 Å². The number of thiophene rings is 1. The fourth-order valence-electron chi connectivity index (χ4n) is 1.82. The SMILES string of the molecule is CC(CC(CCc1cccs1)NN)C(C)(C)C. The van der Waals surface area contributed by atoms with Crippen molar-refractivity contribution < 1.29 is 0 Å². The van der Waals surface area contributed by atoms with Crippen molar-refractivity contribution in [2.24, 2.45) is 17.2 Å². The molecule has 17 heavy (non-hydrogen) atoms. The quantitative estimate of drug-likeness (QED) is 0.601. The van der Waals surface area contributed by atoms with Gasteiger partial charge in [-0.2, -0.15) is 0 Å². The van der Waals surface area contributed by atoms with Gasteiger partial charge in [-0.25, -0.2) is 0 Å². The molecule has 0 aromatic carbocycles. The Morgan fingerprint density at radius 1 is 1.41 bits per heavy atom. The van der Waals surface area contributed by atoms with E-state index in [4.69, 9.17) is 5.84 Å². The van der Waals surface area contributed by atoms with Gasteiger partial charge in [-0.05, 0) is 42.0 Å². The maximum Gasteiger partial charge on any atom is 0.0216 e. The van der Waals surface area contributed by atoms with Crippen molar-refractivity contribution in [2.45, 2.75) is 53.0 Å². The van der Waals surface area contributed by atoms with Gasteiger partial charge in [-0.15, -0.1) is 11.3 Å². The summed E-state index contributed by atoms with van der Waals surface area (Å²) in [5.41, 5.74) is 3.33. The summed E-state index contributed by atoms with van der Waals surface area (Å²) >= 11 is 1.83. The van der Waals surface area contributed by atoms with E-state index in [1.165, 1.54) is 4.88 Å². The predicted molar refractivity (Wildman–Crippen MR) is 77.0 cm³/mol. The van der Waals surface area contributed by atoms with Gasteiger partial charge >= 0.3 is 0 Å². The fourth-order valence-corrected chi connectivity index (χ4v) is 2.55. The third kappa shape index (κ3) is 5.19. The number of hydrazine groups is 1. The molecule has 3 N–H and O–H groups in total. The van der Waals surface area contributed by atoms with Gasteiger partial charge in [0.1, 0.15) is 0 Å². The molecule has 0 bridgehead atoms. The summed E-state index contributed by atoms with van der Waals surface area (Å²) in [5.74, 6) is 6.33. The Hall–Kier alpha value is -0.380. The number of nitrogens with two attached hydrogens (primary N) is 1. The molecule has 2 atom stereocenters. The first kappa shape index (κ1) is 14.7. The Morgan fingerprint density at radius 3 is 2.59 bits per heavy atom. The van der Waals surface area contributed by atoms with Crippen molar-refractivity contribution in [3.05, 3.63) is 22.4 Å².